The molecule has 4 rings (SSSR count). The Morgan fingerprint density at radius 1 is 0.774 bits per heavy atom. The molecule has 5 heteroatoms. The topological polar surface area (TPSA) is 49.0 Å². The highest BCUT2D eigenvalue weighted by Crippen LogP contribution is 2.21. The zero-order valence-electron chi connectivity index (χ0n) is 17.7. The number of para-hydroxylation sites is 1. The van der Waals surface area contributed by atoms with Crippen molar-refractivity contribution < 1.29 is 18.9 Å². The lowest BCUT2D eigenvalue weighted by Crippen LogP contribution is -2.16. The molecule has 3 aromatic carbocycles. The molecule has 3 aromatic rings. The third kappa shape index (κ3) is 6.93. The van der Waals surface area contributed by atoms with Gasteiger partial charge in [0.2, 0.25) is 0 Å². The molecular formula is C26H29NO4. The van der Waals surface area contributed by atoms with E-state index in [1.807, 2.05) is 66.7 Å². The van der Waals surface area contributed by atoms with Crippen LogP contribution >= 0.6 is 0 Å². The molecule has 1 heterocycles. The zero-order chi connectivity index (χ0) is 21.1. The van der Waals surface area contributed by atoms with Gasteiger partial charge in [-0.2, -0.15) is 0 Å². The predicted octanol–water partition coefficient (Wildman–Crippen LogP) is 5.31. The number of nitrogens with one attached hydrogen (secondary N) is 1. The van der Waals surface area contributed by atoms with E-state index in [0.29, 0.717) is 19.8 Å². The number of ether oxygens (including phenoxy) is 4. The van der Waals surface area contributed by atoms with E-state index in [-0.39, 0.29) is 6.10 Å². The van der Waals surface area contributed by atoms with Crippen LogP contribution in [0.2, 0.25) is 0 Å². The molecule has 0 radical (unpaired) electrons. The Balaban J connectivity index is 1.18. The first kappa shape index (κ1) is 21.1. The summed E-state index contributed by atoms with van der Waals surface area (Å²) in [7, 11) is 0. The maximum atomic E-state index is 5.88. The van der Waals surface area contributed by atoms with Gasteiger partial charge in [0.15, 0.2) is 0 Å². The van der Waals surface area contributed by atoms with Gasteiger partial charge in [-0.3, -0.25) is 0 Å². The van der Waals surface area contributed by atoms with Crippen molar-refractivity contribution in [1.82, 2.24) is 0 Å². The quantitative estimate of drug-likeness (QED) is 0.427. The molecule has 1 aliphatic heterocycles. The zero-order valence-corrected chi connectivity index (χ0v) is 17.7. The highest BCUT2D eigenvalue weighted by molar-refractivity contribution is 5.48. The fraction of sp³-hybridized carbons (Fsp3) is 0.308. The molecule has 1 aliphatic rings. The lowest BCUT2D eigenvalue weighted by atomic mass is 10.2. The van der Waals surface area contributed by atoms with Crippen molar-refractivity contribution in [3.63, 3.8) is 0 Å². The number of rotatable bonds is 11. The van der Waals surface area contributed by atoms with Crippen LogP contribution in [-0.2, 0) is 11.3 Å². The van der Waals surface area contributed by atoms with E-state index in [1.54, 1.807) is 0 Å². The van der Waals surface area contributed by atoms with E-state index in [9.17, 15) is 0 Å². The van der Waals surface area contributed by atoms with Crippen molar-refractivity contribution in [3.05, 3.63) is 84.4 Å². The molecule has 31 heavy (non-hydrogen) atoms. The smallest absolute Gasteiger partial charge is 0.122 e. The van der Waals surface area contributed by atoms with Crippen molar-refractivity contribution in [1.29, 1.82) is 0 Å². The largest absolute Gasteiger partial charge is 0.491 e. The minimum Gasteiger partial charge on any atom is -0.491 e. The second kappa shape index (κ2) is 11.3. The summed E-state index contributed by atoms with van der Waals surface area (Å²) in [4.78, 5) is 0. The van der Waals surface area contributed by atoms with Crippen LogP contribution in [0.15, 0.2) is 78.9 Å². The summed E-state index contributed by atoms with van der Waals surface area (Å²) in [6, 6.07) is 25.9. The highest BCUT2D eigenvalue weighted by Gasteiger charge is 2.15. The number of benzene rings is 3. The monoisotopic (exact) mass is 419 g/mol. The van der Waals surface area contributed by atoms with Crippen LogP contribution in [0.1, 0.15) is 18.4 Å². The molecule has 0 aliphatic carbocycles. The van der Waals surface area contributed by atoms with Crippen molar-refractivity contribution in [3.8, 4) is 17.2 Å². The molecule has 0 unspecified atom stereocenters. The second-order valence-electron chi connectivity index (χ2n) is 7.48. The fourth-order valence-electron chi connectivity index (χ4n) is 3.40. The second-order valence-corrected chi connectivity index (χ2v) is 7.48. The molecule has 0 spiro atoms. The van der Waals surface area contributed by atoms with Crippen molar-refractivity contribution in [2.75, 3.05) is 31.7 Å². The molecule has 0 bridgehead atoms. The normalized spacial score (nSPS) is 15.4. The third-order valence-corrected chi connectivity index (χ3v) is 5.08. The first-order valence-electron chi connectivity index (χ1n) is 10.8. The summed E-state index contributed by atoms with van der Waals surface area (Å²) in [6.45, 7) is 3.21. The minimum absolute atomic E-state index is 0.224. The van der Waals surface area contributed by atoms with Gasteiger partial charge in [-0.25, -0.2) is 0 Å². The predicted molar refractivity (Wildman–Crippen MR) is 122 cm³/mol. The Kier molecular flexibility index (Phi) is 7.66. The highest BCUT2D eigenvalue weighted by atomic mass is 16.5. The fourth-order valence-corrected chi connectivity index (χ4v) is 3.40. The van der Waals surface area contributed by atoms with Crippen LogP contribution in [0.25, 0.3) is 0 Å². The van der Waals surface area contributed by atoms with Crippen LogP contribution in [0.4, 0.5) is 5.69 Å². The van der Waals surface area contributed by atoms with Crippen molar-refractivity contribution in [2.45, 2.75) is 25.5 Å². The van der Waals surface area contributed by atoms with Gasteiger partial charge < -0.3 is 24.3 Å². The summed E-state index contributed by atoms with van der Waals surface area (Å²) in [5.41, 5.74) is 2.21. The Labute approximate surface area is 183 Å². The first-order chi connectivity index (χ1) is 15.3. The van der Waals surface area contributed by atoms with E-state index >= 15 is 0 Å². The molecule has 1 fully saturated rings. The summed E-state index contributed by atoms with van der Waals surface area (Å²) >= 11 is 0. The Morgan fingerprint density at radius 2 is 1.52 bits per heavy atom. The average molecular weight is 420 g/mol. The summed E-state index contributed by atoms with van der Waals surface area (Å²) in [5, 5.41) is 3.45. The van der Waals surface area contributed by atoms with Gasteiger partial charge in [0.1, 0.15) is 37.1 Å². The van der Waals surface area contributed by atoms with E-state index < -0.39 is 0 Å². The van der Waals surface area contributed by atoms with E-state index in [4.69, 9.17) is 18.9 Å². The molecule has 0 aromatic heterocycles. The van der Waals surface area contributed by atoms with Crippen LogP contribution in [0, 0.1) is 0 Å². The van der Waals surface area contributed by atoms with E-state index in [0.717, 1.165) is 48.9 Å². The lowest BCUT2D eigenvalue weighted by molar-refractivity contribution is 0.0680. The molecule has 0 amide bonds. The average Bonchev–Trinajstić information content (AvgIpc) is 3.35. The molecule has 162 valence electrons. The summed E-state index contributed by atoms with van der Waals surface area (Å²) < 4.78 is 22.9. The summed E-state index contributed by atoms with van der Waals surface area (Å²) in [6.07, 6.45) is 2.43. The maximum absolute atomic E-state index is 5.88. The van der Waals surface area contributed by atoms with Crippen molar-refractivity contribution in [2.24, 2.45) is 0 Å². The number of hydrogen-bond acceptors (Lipinski definition) is 5. The maximum Gasteiger partial charge on any atom is 0.122 e. The molecule has 1 N–H and O–H groups in total. The van der Waals surface area contributed by atoms with E-state index in [1.165, 1.54) is 5.56 Å². The number of anilines is 1. The molecule has 1 atom stereocenters. The van der Waals surface area contributed by atoms with Gasteiger partial charge in [0, 0.05) is 24.9 Å². The van der Waals surface area contributed by atoms with Crippen LogP contribution < -0.4 is 19.5 Å². The standard InChI is InChI=1S/C26H29NO4/c1-2-7-23(8-3-1)29-16-17-30-24-13-11-21(12-14-24)19-27-22-6-4-9-25(18-22)31-20-26-10-5-15-28-26/h1-4,6-9,11-14,18,26-27H,5,10,15-17,19-20H2/t26-/m1/s1. The molecule has 0 saturated carbocycles. The van der Waals surface area contributed by atoms with Gasteiger partial charge >= 0.3 is 0 Å². The minimum atomic E-state index is 0.224. The van der Waals surface area contributed by atoms with Gasteiger partial charge in [0.25, 0.3) is 0 Å². The molecule has 5 nitrogen and oxygen atoms in total. The summed E-state index contributed by atoms with van der Waals surface area (Å²) in [5.74, 6) is 2.56. The number of hydrogen-bond donors (Lipinski definition) is 1. The third-order valence-electron chi connectivity index (χ3n) is 5.08. The Bertz CT molecular complexity index is 908. The lowest BCUT2D eigenvalue weighted by Gasteiger charge is -2.13. The SMILES string of the molecule is c1ccc(OCCOc2ccc(CNc3cccc(OC[C@H]4CCCO4)c3)cc2)cc1. The van der Waals surface area contributed by atoms with Gasteiger partial charge in [0.05, 0.1) is 6.10 Å². The molecular weight excluding hydrogens is 390 g/mol. The first-order valence-corrected chi connectivity index (χ1v) is 10.8. The molecule has 1 saturated heterocycles. The van der Waals surface area contributed by atoms with Crippen LogP contribution in [0.3, 0.4) is 0 Å². The van der Waals surface area contributed by atoms with Crippen LogP contribution in [-0.4, -0.2) is 32.5 Å². The van der Waals surface area contributed by atoms with Gasteiger partial charge in [-0.05, 0) is 54.8 Å². The van der Waals surface area contributed by atoms with Crippen LogP contribution in [0.5, 0.6) is 17.2 Å². The van der Waals surface area contributed by atoms with Gasteiger partial charge in [-0.1, -0.05) is 36.4 Å². The van der Waals surface area contributed by atoms with E-state index in [2.05, 4.69) is 17.4 Å². The van der Waals surface area contributed by atoms with Crippen molar-refractivity contribution >= 4 is 5.69 Å². The Hall–Kier alpha value is -3.18. The van der Waals surface area contributed by atoms with Gasteiger partial charge in [-0.15, -0.1) is 0 Å². The Morgan fingerprint density at radius 3 is 2.26 bits per heavy atom.